The molecule has 0 aromatic heterocycles. The zero-order valence-electron chi connectivity index (χ0n) is 13.5. The van der Waals surface area contributed by atoms with Gasteiger partial charge in [-0.05, 0) is 43.4 Å². The third-order valence-corrected chi connectivity index (χ3v) is 3.79. The van der Waals surface area contributed by atoms with Crippen LogP contribution < -0.4 is 11.1 Å². The van der Waals surface area contributed by atoms with Gasteiger partial charge in [0.25, 0.3) is 0 Å². The van der Waals surface area contributed by atoms with Crippen molar-refractivity contribution in [2.75, 3.05) is 5.73 Å². The van der Waals surface area contributed by atoms with E-state index >= 15 is 0 Å². The van der Waals surface area contributed by atoms with Crippen molar-refractivity contribution in [1.82, 2.24) is 5.32 Å². The van der Waals surface area contributed by atoms with E-state index < -0.39 is 0 Å². The van der Waals surface area contributed by atoms with E-state index in [9.17, 15) is 4.79 Å². The number of halogens is 1. The third kappa shape index (κ3) is 6.74. The van der Waals surface area contributed by atoms with Crippen molar-refractivity contribution in [2.45, 2.75) is 38.6 Å². The van der Waals surface area contributed by atoms with Gasteiger partial charge in [0.05, 0.1) is 0 Å². The maximum Gasteiger partial charge on any atom is 0.220 e. The second kappa shape index (κ2) is 9.90. The Morgan fingerprint density at radius 2 is 1.70 bits per heavy atom. The van der Waals surface area contributed by atoms with E-state index in [-0.39, 0.29) is 24.4 Å². The highest BCUT2D eigenvalue weighted by atomic mass is 35.5. The van der Waals surface area contributed by atoms with E-state index in [1.807, 2.05) is 42.5 Å². The van der Waals surface area contributed by atoms with Crippen molar-refractivity contribution in [3.63, 3.8) is 0 Å². The van der Waals surface area contributed by atoms with Gasteiger partial charge >= 0.3 is 0 Å². The van der Waals surface area contributed by atoms with Crippen LogP contribution in [-0.4, -0.2) is 11.9 Å². The lowest BCUT2D eigenvalue weighted by atomic mass is 10.1. The molecule has 3 N–H and O–H groups in total. The van der Waals surface area contributed by atoms with Crippen molar-refractivity contribution < 1.29 is 4.79 Å². The smallest absolute Gasteiger partial charge is 0.220 e. The van der Waals surface area contributed by atoms with Crippen molar-refractivity contribution >= 4 is 24.0 Å². The molecule has 0 aliphatic heterocycles. The zero-order valence-corrected chi connectivity index (χ0v) is 14.3. The van der Waals surface area contributed by atoms with E-state index in [2.05, 4.69) is 24.4 Å². The summed E-state index contributed by atoms with van der Waals surface area (Å²) in [6.45, 7) is 2.05. The van der Waals surface area contributed by atoms with Crippen LogP contribution in [0.3, 0.4) is 0 Å². The number of para-hydroxylation sites is 1. The van der Waals surface area contributed by atoms with Gasteiger partial charge in [-0.15, -0.1) is 12.4 Å². The van der Waals surface area contributed by atoms with Crippen LogP contribution in [0.25, 0.3) is 0 Å². The monoisotopic (exact) mass is 332 g/mol. The standard InChI is InChI=1S/C19H24N2O.ClH/c1-15(11-12-16-7-3-2-4-8-16)21-19(22)14-13-17-9-5-6-10-18(17)20;/h2-10,15H,11-14,20H2,1H3,(H,21,22);1H. The molecule has 0 radical (unpaired) electrons. The first-order valence-electron chi connectivity index (χ1n) is 7.82. The Kier molecular flexibility index (Phi) is 8.20. The Bertz CT molecular complexity index is 601. The molecule has 2 aromatic carbocycles. The summed E-state index contributed by atoms with van der Waals surface area (Å²) in [4.78, 5) is 12.0. The van der Waals surface area contributed by atoms with Gasteiger partial charge in [0.2, 0.25) is 5.91 Å². The van der Waals surface area contributed by atoms with Crippen molar-refractivity contribution in [3.05, 3.63) is 65.7 Å². The minimum atomic E-state index is 0. The fourth-order valence-corrected chi connectivity index (χ4v) is 2.46. The Morgan fingerprint density at radius 1 is 1.04 bits per heavy atom. The molecule has 3 nitrogen and oxygen atoms in total. The number of amides is 1. The minimum Gasteiger partial charge on any atom is -0.399 e. The van der Waals surface area contributed by atoms with E-state index in [4.69, 9.17) is 5.73 Å². The van der Waals surface area contributed by atoms with Gasteiger partial charge in [0.15, 0.2) is 0 Å². The Labute approximate surface area is 144 Å². The molecule has 0 spiro atoms. The molecule has 124 valence electrons. The molecule has 1 atom stereocenters. The predicted molar refractivity (Wildman–Crippen MR) is 98.8 cm³/mol. The molecular weight excluding hydrogens is 308 g/mol. The minimum absolute atomic E-state index is 0. The van der Waals surface area contributed by atoms with Gasteiger partial charge in [0.1, 0.15) is 0 Å². The van der Waals surface area contributed by atoms with Crippen LogP contribution >= 0.6 is 12.4 Å². The molecule has 4 heteroatoms. The first-order chi connectivity index (χ1) is 10.6. The number of benzene rings is 2. The molecule has 0 aliphatic rings. The van der Waals surface area contributed by atoms with Crippen molar-refractivity contribution in [3.8, 4) is 0 Å². The highest BCUT2D eigenvalue weighted by Gasteiger charge is 2.08. The number of anilines is 1. The fraction of sp³-hybridized carbons (Fsp3) is 0.316. The van der Waals surface area contributed by atoms with Crippen LogP contribution in [0.2, 0.25) is 0 Å². The molecule has 2 rings (SSSR count). The highest BCUT2D eigenvalue weighted by molar-refractivity contribution is 5.85. The maximum atomic E-state index is 12.0. The molecular formula is C19H25ClN2O. The summed E-state index contributed by atoms with van der Waals surface area (Å²) in [6, 6.07) is 18.2. The maximum absolute atomic E-state index is 12.0. The zero-order chi connectivity index (χ0) is 15.8. The average molecular weight is 333 g/mol. The van der Waals surface area contributed by atoms with Gasteiger partial charge in [-0.3, -0.25) is 4.79 Å². The van der Waals surface area contributed by atoms with Gasteiger partial charge in [-0.1, -0.05) is 48.5 Å². The second-order valence-electron chi connectivity index (χ2n) is 5.69. The number of hydrogen-bond acceptors (Lipinski definition) is 2. The number of rotatable bonds is 7. The number of nitrogens with two attached hydrogens (primary N) is 1. The van der Waals surface area contributed by atoms with Crippen LogP contribution in [0.4, 0.5) is 5.69 Å². The van der Waals surface area contributed by atoms with Gasteiger partial charge in [-0.25, -0.2) is 0 Å². The lowest BCUT2D eigenvalue weighted by Gasteiger charge is -2.14. The Hall–Kier alpha value is -2.00. The topological polar surface area (TPSA) is 55.1 Å². The van der Waals surface area contributed by atoms with E-state index in [0.717, 1.165) is 24.1 Å². The normalized spacial score (nSPS) is 11.3. The molecule has 0 saturated carbocycles. The number of hydrogen-bond donors (Lipinski definition) is 2. The first-order valence-corrected chi connectivity index (χ1v) is 7.82. The van der Waals surface area contributed by atoms with Gasteiger partial charge in [0, 0.05) is 18.2 Å². The van der Waals surface area contributed by atoms with Crippen LogP contribution in [0, 0.1) is 0 Å². The lowest BCUT2D eigenvalue weighted by Crippen LogP contribution is -2.33. The number of carbonyl (C=O) groups excluding carboxylic acids is 1. The first kappa shape index (κ1) is 19.0. The molecule has 1 unspecified atom stereocenters. The molecule has 2 aromatic rings. The van der Waals surface area contributed by atoms with Crippen molar-refractivity contribution in [2.24, 2.45) is 0 Å². The van der Waals surface area contributed by atoms with Crippen LogP contribution in [0.1, 0.15) is 30.9 Å². The van der Waals surface area contributed by atoms with E-state index in [1.54, 1.807) is 0 Å². The van der Waals surface area contributed by atoms with E-state index in [0.29, 0.717) is 12.8 Å². The molecule has 1 amide bonds. The largest absolute Gasteiger partial charge is 0.399 e. The highest BCUT2D eigenvalue weighted by Crippen LogP contribution is 2.12. The molecule has 0 bridgehead atoms. The summed E-state index contributed by atoms with van der Waals surface area (Å²) in [5.41, 5.74) is 8.99. The van der Waals surface area contributed by atoms with Gasteiger partial charge in [-0.2, -0.15) is 0 Å². The summed E-state index contributed by atoms with van der Waals surface area (Å²) in [5, 5.41) is 3.06. The summed E-state index contributed by atoms with van der Waals surface area (Å²) >= 11 is 0. The summed E-state index contributed by atoms with van der Waals surface area (Å²) in [6.07, 6.45) is 3.09. The fourth-order valence-electron chi connectivity index (χ4n) is 2.46. The van der Waals surface area contributed by atoms with Gasteiger partial charge < -0.3 is 11.1 Å². The molecule has 23 heavy (non-hydrogen) atoms. The third-order valence-electron chi connectivity index (χ3n) is 3.79. The number of nitrogen functional groups attached to an aromatic ring is 1. The lowest BCUT2D eigenvalue weighted by molar-refractivity contribution is -0.121. The SMILES string of the molecule is CC(CCc1ccccc1)NC(=O)CCc1ccccc1N.Cl. The molecule has 0 heterocycles. The predicted octanol–water partition coefficient (Wildman–Crippen LogP) is 3.76. The molecule has 0 aliphatic carbocycles. The summed E-state index contributed by atoms with van der Waals surface area (Å²) < 4.78 is 0. The van der Waals surface area contributed by atoms with Crippen LogP contribution in [-0.2, 0) is 17.6 Å². The van der Waals surface area contributed by atoms with Crippen LogP contribution in [0.15, 0.2) is 54.6 Å². The molecule has 0 fully saturated rings. The Balaban J connectivity index is 0.00000264. The van der Waals surface area contributed by atoms with Crippen molar-refractivity contribution in [1.29, 1.82) is 0 Å². The van der Waals surface area contributed by atoms with E-state index in [1.165, 1.54) is 5.56 Å². The van der Waals surface area contributed by atoms with Crippen LogP contribution in [0.5, 0.6) is 0 Å². The summed E-state index contributed by atoms with van der Waals surface area (Å²) in [5.74, 6) is 0.0869. The number of carbonyl (C=O) groups is 1. The molecule has 0 saturated heterocycles. The number of nitrogens with one attached hydrogen (secondary N) is 1. The second-order valence-corrected chi connectivity index (χ2v) is 5.69. The quantitative estimate of drug-likeness (QED) is 0.758. The summed E-state index contributed by atoms with van der Waals surface area (Å²) in [7, 11) is 0. The average Bonchev–Trinajstić information content (AvgIpc) is 2.53. The number of aryl methyl sites for hydroxylation is 2. The Morgan fingerprint density at radius 3 is 2.39 bits per heavy atom.